The molecule has 122 valence electrons. The molecule has 1 amide bonds. The third kappa shape index (κ3) is 4.08. The minimum absolute atomic E-state index is 0.00620. The van der Waals surface area contributed by atoms with Crippen molar-refractivity contribution in [3.05, 3.63) is 63.1 Å². The molecular formula is C15H16ClN3O4. The number of hydrogen-bond donors (Lipinski definition) is 1. The van der Waals surface area contributed by atoms with Gasteiger partial charge in [0.05, 0.1) is 17.2 Å². The van der Waals surface area contributed by atoms with Crippen LogP contribution in [0.4, 0.5) is 5.69 Å². The molecule has 0 fully saturated rings. The van der Waals surface area contributed by atoms with Gasteiger partial charge in [-0.15, -0.1) is 0 Å². The van der Waals surface area contributed by atoms with Gasteiger partial charge >= 0.3 is 0 Å². The monoisotopic (exact) mass is 337 g/mol. The van der Waals surface area contributed by atoms with E-state index in [0.717, 1.165) is 11.8 Å². The molecule has 0 aliphatic rings. The molecule has 0 spiro atoms. The zero-order chi connectivity index (χ0) is 17.0. The van der Waals surface area contributed by atoms with Gasteiger partial charge in [0.25, 0.3) is 11.6 Å². The van der Waals surface area contributed by atoms with Crippen LogP contribution < -0.4 is 5.32 Å². The van der Waals surface area contributed by atoms with Gasteiger partial charge in [-0.3, -0.25) is 19.8 Å². The molecule has 0 saturated carbocycles. The molecule has 1 heterocycles. The molecule has 0 radical (unpaired) electrons. The summed E-state index contributed by atoms with van der Waals surface area (Å²) in [6.07, 6.45) is 1.57. The van der Waals surface area contributed by atoms with Gasteiger partial charge in [0.2, 0.25) is 0 Å². The zero-order valence-electron chi connectivity index (χ0n) is 12.7. The van der Waals surface area contributed by atoms with E-state index in [9.17, 15) is 14.9 Å². The summed E-state index contributed by atoms with van der Waals surface area (Å²) in [5, 5.41) is 13.6. The van der Waals surface area contributed by atoms with Crippen molar-refractivity contribution in [2.24, 2.45) is 0 Å². The number of likely N-dealkylation sites (N-methyl/N-ethyl adjacent to an activating group) is 1. The fourth-order valence-corrected chi connectivity index (χ4v) is 2.29. The second-order valence-electron chi connectivity index (χ2n) is 5.13. The van der Waals surface area contributed by atoms with Crippen LogP contribution in [0.1, 0.15) is 22.2 Å². The molecule has 0 aliphatic carbocycles. The standard InChI is InChI=1S/C15H16ClN3O4/c1-18(2)13(14-4-3-7-23-14)9-17-15(20)10-5-6-11(16)12(8-10)19(21)22/h3-8,13H,9H2,1-2H3,(H,17,20)/t13-/m1/s1. The quantitative estimate of drug-likeness (QED) is 0.646. The van der Waals surface area contributed by atoms with Gasteiger partial charge in [0.15, 0.2) is 0 Å². The van der Waals surface area contributed by atoms with Crippen molar-refractivity contribution < 1.29 is 14.1 Å². The Hall–Kier alpha value is -2.38. The highest BCUT2D eigenvalue weighted by Gasteiger charge is 2.20. The summed E-state index contributed by atoms with van der Waals surface area (Å²) >= 11 is 5.74. The van der Waals surface area contributed by atoms with E-state index in [0.29, 0.717) is 6.54 Å². The topological polar surface area (TPSA) is 88.6 Å². The van der Waals surface area contributed by atoms with Gasteiger partial charge < -0.3 is 9.73 Å². The van der Waals surface area contributed by atoms with E-state index in [1.165, 1.54) is 12.1 Å². The summed E-state index contributed by atoms with van der Waals surface area (Å²) in [6, 6.07) is 7.40. The number of nitro benzene ring substituents is 1. The molecule has 23 heavy (non-hydrogen) atoms. The molecule has 0 saturated heterocycles. The summed E-state index contributed by atoms with van der Waals surface area (Å²) in [4.78, 5) is 24.4. The third-order valence-electron chi connectivity index (χ3n) is 3.36. The number of carbonyl (C=O) groups is 1. The Morgan fingerprint density at radius 2 is 2.17 bits per heavy atom. The van der Waals surface area contributed by atoms with Crippen LogP contribution in [0, 0.1) is 10.1 Å². The van der Waals surface area contributed by atoms with E-state index >= 15 is 0 Å². The Bertz CT molecular complexity index is 701. The van der Waals surface area contributed by atoms with E-state index in [4.69, 9.17) is 16.0 Å². The average molecular weight is 338 g/mol. The predicted octanol–water partition coefficient (Wildman–Crippen LogP) is 2.87. The number of carbonyl (C=O) groups excluding carboxylic acids is 1. The number of nitrogens with one attached hydrogen (secondary N) is 1. The molecule has 0 bridgehead atoms. The lowest BCUT2D eigenvalue weighted by Crippen LogP contribution is -2.34. The molecule has 1 atom stereocenters. The summed E-state index contributed by atoms with van der Waals surface area (Å²) in [5.74, 6) is 0.306. The number of nitrogens with zero attached hydrogens (tertiary/aromatic N) is 2. The maximum absolute atomic E-state index is 12.2. The summed E-state index contributed by atoms with van der Waals surface area (Å²) in [6.45, 7) is 0.301. The largest absolute Gasteiger partial charge is 0.468 e. The van der Waals surface area contributed by atoms with Crippen LogP contribution >= 0.6 is 11.6 Å². The number of halogens is 1. The number of rotatable bonds is 6. The van der Waals surface area contributed by atoms with E-state index in [-0.39, 0.29) is 22.3 Å². The van der Waals surface area contributed by atoms with Crippen molar-refractivity contribution in [1.82, 2.24) is 10.2 Å². The highest BCUT2D eigenvalue weighted by atomic mass is 35.5. The fourth-order valence-electron chi connectivity index (χ4n) is 2.10. The number of hydrogen-bond acceptors (Lipinski definition) is 5. The first-order chi connectivity index (χ1) is 10.9. The summed E-state index contributed by atoms with van der Waals surface area (Å²) in [5.41, 5.74) is -0.118. The fraction of sp³-hybridized carbons (Fsp3) is 0.267. The van der Waals surface area contributed by atoms with E-state index in [1.807, 2.05) is 25.1 Å². The minimum atomic E-state index is -0.620. The van der Waals surface area contributed by atoms with Gasteiger partial charge in [0.1, 0.15) is 10.8 Å². The van der Waals surface area contributed by atoms with Crippen LogP contribution in [0.25, 0.3) is 0 Å². The van der Waals surface area contributed by atoms with Crippen LogP contribution in [0.15, 0.2) is 41.0 Å². The number of furan rings is 1. The Morgan fingerprint density at radius 3 is 2.74 bits per heavy atom. The maximum Gasteiger partial charge on any atom is 0.288 e. The predicted molar refractivity (Wildman–Crippen MR) is 85.6 cm³/mol. The molecule has 1 N–H and O–H groups in total. The number of benzene rings is 1. The highest BCUT2D eigenvalue weighted by Crippen LogP contribution is 2.25. The SMILES string of the molecule is CN(C)[C@H](CNC(=O)c1ccc(Cl)c([N+](=O)[O-])c1)c1ccco1. The Kier molecular flexibility index (Phi) is 5.36. The zero-order valence-corrected chi connectivity index (χ0v) is 13.4. The van der Waals surface area contributed by atoms with E-state index in [1.54, 1.807) is 12.3 Å². The molecule has 0 aliphatic heterocycles. The van der Waals surface area contributed by atoms with Crippen molar-refractivity contribution in [3.8, 4) is 0 Å². The van der Waals surface area contributed by atoms with Crippen molar-refractivity contribution in [2.45, 2.75) is 6.04 Å². The van der Waals surface area contributed by atoms with Gasteiger partial charge in [-0.1, -0.05) is 11.6 Å². The Morgan fingerprint density at radius 1 is 1.43 bits per heavy atom. The van der Waals surface area contributed by atoms with Crippen LogP contribution in [0.3, 0.4) is 0 Å². The van der Waals surface area contributed by atoms with Crippen molar-refractivity contribution in [2.75, 3.05) is 20.6 Å². The first-order valence-corrected chi connectivity index (χ1v) is 7.20. The minimum Gasteiger partial charge on any atom is -0.468 e. The second-order valence-corrected chi connectivity index (χ2v) is 5.54. The number of amides is 1. The average Bonchev–Trinajstić information content (AvgIpc) is 3.01. The highest BCUT2D eigenvalue weighted by molar-refractivity contribution is 6.32. The smallest absolute Gasteiger partial charge is 0.288 e. The molecule has 2 aromatic rings. The molecule has 7 nitrogen and oxygen atoms in total. The Labute approximate surface area is 138 Å². The first kappa shape index (κ1) is 17.0. The normalized spacial score (nSPS) is 12.2. The molecule has 2 rings (SSSR count). The van der Waals surface area contributed by atoms with E-state index < -0.39 is 10.8 Å². The molecular weight excluding hydrogens is 322 g/mol. The number of nitro groups is 1. The van der Waals surface area contributed by atoms with Crippen molar-refractivity contribution in [3.63, 3.8) is 0 Å². The van der Waals surface area contributed by atoms with Gasteiger partial charge in [0, 0.05) is 18.2 Å². The third-order valence-corrected chi connectivity index (χ3v) is 3.68. The van der Waals surface area contributed by atoms with Crippen molar-refractivity contribution >= 4 is 23.2 Å². The van der Waals surface area contributed by atoms with Crippen LogP contribution in [0.5, 0.6) is 0 Å². The molecule has 0 unspecified atom stereocenters. The lowest BCUT2D eigenvalue weighted by atomic mass is 10.1. The van der Waals surface area contributed by atoms with Gasteiger partial charge in [-0.2, -0.15) is 0 Å². The molecule has 1 aromatic carbocycles. The van der Waals surface area contributed by atoms with Crippen LogP contribution in [0.2, 0.25) is 5.02 Å². The Balaban J connectivity index is 2.10. The van der Waals surface area contributed by atoms with Crippen molar-refractivity contribution in [1.29, 1.82) is 0 Å². The van der Waals surface area contributed by atoms with Gasteiger partial charge in [-0.25, -0.2) is 0 Å². The van der Waals surface area contributed by atoms with Crippen LogP contribution in [-0.4, -0.2) is 36.4 Å². The van der Waals surface area contributed by atoms with Crippen LogP contribution in [-0.2, 0) is 0 Å². The molecule has 8 heteroatoms. The van der Waals surface area contributed by atoms with Gasteiger partial charge in [-0.05, 0) is 38.4 Å². The first-order valence-electron chi connectivity index (χ1n) is 6.82. The van der Waals surface area contributed by atoms with E-state index in [2.05, 4.69) is 5.32 Å². The second kappa shape index (κ2) is 7.26. The lowest BCUT2D eigenvalue weighted by molar-refractivity contribution is -0.384. The molecule has 1 aromatic heterocycles. The maximum atomic E-state index is 12.2. The lowest BCUT2D eigenvalue weighted by Gasteiger charge is -2.22. The summed E-state index contributed by atoms with van der Waals surface area (Å²) in [7, 11) is 3.74. The summed E-state index contributed by atoms with van der Waals surface area (Å²) < 4.78 is 5.36.